The number of nitrogens with zero attached hydrogens (tertiary/aromatic N) is 2. The van der Waals surface area contributed by atoms with Crippen molar-refractivity contribution in [2.24, 2.45) is 0 Å². The van der Waals surface area contributed by atoms with Gasteiger partial charge in [-0.2, -0.15) is 0 Å². The maximum atomic E-state index is 12.3. The lowest BCUT2D eigenvalue weighted by atomic mass is 10.1. The van der Waals surface area contributed by atoms with E-state index in [1.807, 2.05) is 13.8 Å². The van der Waals surface area contributed by atoms with Gasteiger partial charge in [-0.15, -0.1) is 0 Å². The number of aryl methyl sites for hydroxylation is 1. The summed E-state index contributed by atoms with van der Waals surface area (Å²) >= 11 is 0. The van der Waals surface area contributed by atoms with Crippen LogP contribution in [0, 0.1) is 6.92 Å². The van der Waals surface area contributed by atoms with Gasteiger partial charge in [-0.3, -0.25) is 4.79 Å². The highest BCUT2D eigenvalue weighted by Crippen LogP contribution is 2.19. The molecule has 0 spiro atoms. The Morgan fingerprint density at radius 3 is 2.35 bits per heavy atom. The molecule has 0 aliphatic heterocycles. The van der Waals surface area contributed by atoms with Crippen molar-refractivity contribution in [3.8, 4) is 0 Å². The Balaban J connectivity index is 2.94. The normalized spacial score (nSPS) is 11.3. The number of rotatable bonds is 8. The lowest BCUT2D eigenvalue weighted by Crippen LogP contribution is -2.35. The van der Waals surface area contributed by atoms with Crippen LogP contribution < -0.4 is 0 Å². The number of sulfonamides is 1. The first-order chi connectivity index (χ1) is 12.0. The molecule has 0 heterocycles. The van der Waals surface area contributed by atoms with Crippen LogP contribution in [0.15, 0.2) is 35.2 Å². The van der Waals surface area contributed by atoms with Gasteiger partial charge in [0, 0.05) is 27.2 Å². The van der Waals surface area contributed by atoms with Gasteiger partial charge in [-0.25, -0.2) is 17.5 Å². The molecule has 0 aliphatic rings. The molecule has 1 aromatic rings. The summed E-state index contributed by atoms with van der Waals surface area (Å²) < 4.78 is 30.6. The second kappa shape index (κ2) is 8.95. The van der Waals surface area contributed by atoms with E-state index >= 15 is 0 Å². The van der Waals surface area contributed by atoms with Crippen LogP contribution in [0.4, 0.5) is 0 Å². The fourth-order valence-corrected chi connectivity index (χ4v) is 3.12. The van der Waals surface area contributed by atoms with E-state index in [2.05, 4.69) is 6.58 Å². The number of amides is 1. The first kappa shape index (κ1) is 21.9. The summed E-state index contributed by atoms with van der Waals surface area (Å²) in [5.41, 5.74) is 1.50. The quantitative estimate of drug-likeness (QED) is 0.506. The maximum Gasteiger partial charge on any atom is 0.338 e. The van der Waals surface area contributed by atoms with Gasteiger partial charge in [0.05, 0.1) is 10.5 Å². The van der Waals surface area contributed by atoms with Gasteiger partial charge < -0.3 is 9.64 Å². The van der Waals surface area contributed by atoms with Crippen molar-refractivity contribution in [1.82, 2.24) is 9.21 Å². The molecule has 1 rings (SSSR count). The van der Waals surface area contributed by atoms with Gasteiger partial charge in [-0.05, 0) is 38.5 Å². The number of carbonyl (C=O) groups excluding carboxylic acids is 2. The monoisotopic (exact) mass is 382 g/mol. The highest BCUT2D eigenvalue weighted by atomic mass is 32.2. The Bertz CT molecular complexity index is 800. The highest BCUT2D eigenvalue weighted by molar-refractivity contribution is 7.89. The lowest BCUT2D eigenvalue weighted by molar-refractivity contribution is -0.133. The van der Waals surface area contributed by atoms with Crippen molar-refractivity contribution in [2.75, 3.05) is 33.8 Å². The molecule has 7 nitrogen and oxygen atoms in total. The van der Waals surface area contributed by atoms with E-state index in [0.717, 1.165) is 9.88 Å². The molecule has 0 bridgehead atoms. The number of benzene rings is 1. The Morgan fingerprint density at radius 2 is 1.85 bits per heavy atom. The van der Waals surface area contributed by atoms with E-state index < -0.39 is 22.6 Å². The van der Waals surface area contributed by atoms with Gasteiger partial charge >= 0.3 is 5.97 Å². The van der Waals surface area contributed by atoms with E-state index in [-0.39, 0.29) is 16.4 Å². The molecule has 0 fully saturated rings. The smallest absolute Gasteiger partial charge is 0.338 e. The number of ether oxygens (including phenoxy) is 1. The van der Waals surface area contributed by atoms with E-state index in [4.69, 9.17) is 4.74 Å². The second-order valence-corrected chi connectivity index (χ2v) is 8.36. The zero-order valence-electron chi connectivity index (χ0n) is 15.9. The summed E-state index contributed by atoms with van der Waals surface area (Å²) in [4.78, 5) is 26.0. The largest absolute Gasteiger partial charge is 0.452 e. The van der Waals surface area contributed by atoms with Crippen LogP contribution in [-0.2, 0) is 19.6 Å². The fourth-order valence-electron chi connectivity index (χ4n) is 2.19. The molecule has 0 atom stereocenters. The third-order valence-corrected chi connectivity index (χ3v) is 5.54. The van der Waals surface area contributed by atoms with E-state index in [1.165, 1.54) is 37.2 Å². The predicted molar refractivity (Wildman–Crippen MR) is 99.4 cm³/mol. The summed E-state index contributed by atoms with van der Waals surface area (Å²) in [5, 5.41) is 0. The molecule has 8 heteroatoms. The van der Waals surface area contributed by atoms with Gasteiger partial charge in [0.1, 0.15) is 0 Å². The topological polar surface area (TPSA) is 84.0 Å². The molecule has 1 amide bonds. The molecule has 0 radical (unpaired) electrons. The predicted octanol–water partition coefficient (Wildman–Crippen LogP) is 1.83. The van der Waals surface area contributed by atoms with Crippen molar-refractivity contribution in [2.45, 2.75) is 25.7 Å². The Hall–Kier alpha value is -2.19. The van der Waals surface area contributed by atoms with Crippen molar-refractivity contribution >= 4 is 21.9 Å². The van der Waals surface area contributed by atoms with E-state index in [1.54, 1.807) is 6.92 Å². The third kappa shape index (κ3) is 5.40. The lowest BCUT2D eigenvalue weighted by Gasteiger charge is -2.20. The molecule has 0 N–H and O–H groups in total. The zero-order valence-corrected chi connectivity index (χ0v) is 16.7. The molecule has 0 aromatic heterocycles. The summed E-state index contributed by atoms with van der Waals surface area (Å²) in [7, 11) is -0.852. The van der Waals surface area contributed by atoms with Crippen LogP contribution in [-0.4, -0.2) is 63.3 Å². The Labute approximate surface area is 155 Å². The molecular weight excluding hydrogens is 356 g/mol. The van der Waals surface area contributed by atoms with E-state index in [9.17, 15) is 18.0 Å². The molecule has 26 heavy (non-hydrogen) atoms. The van der Waals surface area contributed by atoms with E-state index in [0.29, 0.717) is 18.7 Å². The molecule has 0 saturated heterocycles. The van der Waals surface area contributed by atoms with Crippen LogP contribution in [0.1, 0.15) is 29.8 Å². The van der Waals surface area contributed by atoms with Gasteiger partial charge in [-0.1, -0.05) is 18.2 Å². The maximum absolute atomic E-state index is 12.3. The van der Waals surface area contributed by atoms with Crippen LogP contribution in [0.2, 0.25) is 0 Å². The average molecular weight is 382 g/mol. The van der Waals surface area contributed by atoms with Gasteiger partial charge in [0.25, 0.3) is 5.91 Å². The molecule has 0 aliphatic carbocycles. The first-order valence-electron chi connectivity index (χ1n) is 8.13. The minimum absolute atomic E-state index is 0.0103. The van der Waals surface area contributed by atoms with Crippen LogP contribution in [0.3, 0.4) is 0 Å². The molecular formula is C18H26N2O5S. The minimum Gasteiger partial charge on any atom is -0.452 e. The van der Waals surface area contributed by atoms with Crippen molar-refractivity contribution in [3.05, 3.63) is 41.5 Å². The third-order valence-electron chi connectivity index (χ3n) is 3.73. The molecule has 1 aromatic carbocycles. The number of carbonyl (C=O) groups is 2. The molecule has 144 valence electrons. The van der Waals surface area contributed by atoms with Crippen molar-refractivity contribution < 1.29 is 22.7 Å². The number of hydrogen-bond donors (Lipinski definition) is 0. The van der Waals surface area contributed by atoms with Crippen molar-refractivity contribution in [1.29, 1.82) is 0 Å². The summed E-state index contributed by atoms with van der Waals surface area (Å²) in [6.45, 7) is 9.51. The number of hydrogen-bond acceptors (Lipinski definition) is 5. The fraction of sp³-hybridized carbons (Fsp3) is 0.444. The second-order valence-electron chi connectivity index (χ2n) is 6.21. The summed E-state index contributed by atoms with van der Waals surface area (Å²) in [6.07, 6.45) is 0. The standard InChI is InChI=1S/C18H26N2O5S/c1-7-20(11-13(2)3)17(21)12-25-18(22)16-10-15(9-8-14(16)4)26(23,24)19(5)6/h8-10H,2,7,11-12H2,1,3-6H3. The van der Waals surface area contributed by atoms with Gasteiger partial charge in [0.2, 0.25) is 10.0 Å². The minimum atomic E-state index is -3.67. The summed E-state index contributed by atoms with van der Waals surface area (Å²) in [6, 6.07) is 4.23. The van der Waals surface area contributed by atoms with Crippen LogP contribution in [0.5, 0.6) is 0 Å². The Kier molecular flexibility index (Phi) is 7.53. The van der Waals surface area contributed by atoms with Crippen molar-refractivity contribution in [3.63, 3.8) is 0 Å². The molecule has 0 saturated carbocycles. The Morgan fingerprint density at radius 1 is 1.23 bits per heavy atom. The first-order valence-corrected chi connectivity index (χ1v) is 9.57. The highest BCUT2D eigenvalue weighted by Gasteiger charge is 2.22. The van der Waals surface area contributed by atoms with Crippen LogP contribution in [0.25, 0.3) is 0 Å². The molecule has 0 unspecified atom stereocenters. The number of likely N-dealkylation sites (N-methyl/N-ethyl adjacent to an activating group) is 1. The number of esters is 1. The van der Waals surface area contributed by atoms with Crippen LogP contribution >= 0.6 is 0 Å². The average Bonchev–Trinajstić information content (AvgIpc) is 2.56. The SMILES string of the molecule is C=C(C)CN(CC)C(=O)COC(=O)c1cc(S(=O)(=O)N(C)C)ccc1C. The van der Waals surface area contributed by atoms with Gasteiger partial charge in [0.15, 0.2) is 6.61 Å². The zero-order chi connectivity index (χ0) is 20.1. The summed E-state index contributed by atoms with van der Waals surface area (Å²) in [5.74, 6) is -1.07.